The van der Waals surface area contributed by atoms with Crippen molar-refractivity contribution < 1.29 is 38.1 Å². The lowest BCUT2D eigenvalue weighted by molar-refractivity contribution is -0.129. The Labute approximate surface area is 215 Å². The van der Waals surface area contributed by atoms with E-state index in [9.17, 15) is 14.7 Å². The van der Waals surface area contributed by atoms with E-state index < -0.39 is 23.5 Å². The summed E-state index contributed by atoms with van der Waals surface area (Å²) in [7, 11) is 4.60. The third-order valence-corrected chi connectivity index (χ3v) is 6.11. The van der Waals surface area contributed by atoms with Gasteiger partial charge in [0.1, 0.15) is 0 Å². The Morgan fingerprint density at radius 1 is 1.05 bits per heavy atom. The van der Waals surface area contributed by atoms with Crippen molar-refractivity contribution >= 4 is 22.7 Å². The van der Waals surface area contributed by atoms with Gasteiger partial charge in [-0.25, -0.2) is 0 Å². The Kier molecular flexibility index (Phi) is 7.73. The van der Waals surface area contributed by atoms with Crippen molar-refractivity contribution in [1.29, 1.82) is 0 Å². The Morgan fingerprint density at radius 3 is 2.49 bits per heavy atom. The molecule has 1 atom stereocenters. The summed E-state index contributed by atoms with van der Waals surface area (Å²) in [5.74, 6) is -0.403. The molecule has 3 aromatic rings. The van der Waals surface area contributed by atoms with Crippen LogP contribution in [0.5, 0.6) is 17.2 Å². The maximum Gasteiger partial charge on any atom is 0.290 e. The molecule has 2 heterocycles. The molecule has 1 aliphatic rings. The molecule has 2 aromatic carbocycles. The van der Waals surface area contributed by atoms with E-state index in [1.807, 2.05) is 13.8 Å². The highest BCUT2D eigenvalue weighted by atomic mass is 16.5. The number of ether oxygens (including phenoxy) is 4. The molecule has 1 aliphatic heterocycles. The molecule has 0 spiro atoms. The molecule has 0 fully saturated rings. The van der Waals surface area contributed by atoms with Crippen molar-refractivity contribution in [2.24, 2.45) is 0 Å². The molecule has 0 saturated heterocycles. The fourth-order valence-electron chi connectivity index (χ4n) is 4.49. The molecular weight excluding hydrogens is 478 g/mol. The summed E-state index contributed by atoms with van der Waals surface area (Å²) in [6.07, 6.45) is 0.436. The number of aliphatic hydroxyl groups is 1. The number of carbonyl (C=O) groups is 2. The topological polar surface area (TPSA) is 108 Å². The zero-order valence-electron chi connectivity index (χ0n) is 21.6. The number of hydrogen-bond donors (Lipinski definition) is 1. The first kappa shape index (κ1) is 26.1. The molecule has 196 valence electrons. The molecule has 4 rings (SSSR count). The number of hydrogen-bond acceptors (Lipinski definition) is 8. The number of ketones is 1. The van der Waals surface area contributed by atoms with Crippen LogP contribution in [0, 0.1) is 0 Å². The molecule has 9 heteroatoms. The van der Waals surface area contributed by atoms with Gasteiger partial charge in [-0.1, -0.05) is 18.2 Å². The number of furan rings is 1. The smallest absolute Gasteiger partial charge is 0.290 e. The summed E-state index contributed by atoms with van der Waals surface area (Å²) >= 11 is 0. The number of Topliss-reactive ketones (excluding diaryl/α,β-unsaturated/α-hetero) is 1. The Hall–Kier alpha value is -3.98. The second-order valence-electron chi connectivity index (χ2n) is 8.91. The third kappa shape index (κ3) is 4.99. The van der Waals surface area contributed by atoms with Gasteiger partial charge in [0.25, 0.3) is 5.91 Å². The van der Waals surface area contributed by atoms with Crippen molar-refractivity contribution in [3.8, 4) is 17.2 Å². The highest BCUT2D eigenvalue weighted by Crippen LogP contribution is 2.42. The average molecular weight is 510 g/mol. The first-order valence-electron chi connectivity index (χ1n) is 12.0. The lowest BCUT2D eigenvalue weighted by Crippen LogP contribution is -2.32. The minimum absolute atomic E-state index is 0.00989. The maximum atomic E-state index is 13.8. The molecule has 0 radical (unpaired) electrons. The number of methoxy groups -OCH3 is 3. The monoisotopic (exact) mass is 509 g/mol. The number of rotatable bonds is 11. The standard InChI is InChI=1S/C28H31NO8/c1-16(2)36-19-11-10-17(14-21(19)35-5)24-23(26(31)28(32)29(24)12-7-13-33-3)25(30)22-15-18-8-6-9-20(34-4)27(18)37-22/h6,8-11,14-16,24,31H,7,12-13H2,1-5H3. The second kappa shape index (κ2) is 11.0. The van der Waals surface area contributed by atoms with Crippen LogP contribution in [0.4, 0.5) is 0 Å². The largest absolute Gasteiger partial charge is 0.503 e. The van der Waals surface area contributed by atoms with Crippen LogP contribution in [0.2, 0.25) is 0 Å². The first-order valence-corrected chi connectivity index (χ1v) is 12.0. The van der Waals surface area contributed by atoms with Crippen molar-refractivity contribution in [1.82, 2.24) is 4.90 Å². The normalized spacial score (nSPS) is 15.7. The number of para-hydroxylation sites is 1. The van der Waals surface area contributed by atoms with Crippen LogP contribution in [-0.4, -0.2) is 62.3 Å². The summed E-state index contributed by atoms with van der Waals surface area (Å²) in [4.78, 5) is 28.4. The van der Waals surface area contributed by atoms with Gasteiger partial charge in [0, 0.05) is 25.6 Å². The maximum absolute atomic E-state index is 13.8. The fourth-order valence-corrected chi connectivity index (χ4v) is 4.49. The SMILES string of the molecule is COCCCN1C(=O)C(O)=C(C(=O)c2cc3cccc(OC)c3o2)C1c1ccc(OC(C)C)c(OC)c1. The second-order valence-corrected chi connectivity index (χ2v) is 8.91. The van der Waals surface area contributed by atoms with E-state index in [2.05, 4.69) is 0 Å². The van der Waals surface area contributed by atoms with Crippen LogP contribution in [0.15, 0.2) is 58.2 Å². The third-order valence-electron chi connectivity index (χ3n) is 6.11. The van der Waals surface area contributed by atoms with Gasteiger partial charge in [0.15, 0.2) is 34.4 Å². The van der Waals surface area contributed by atoms with Gasteiger partial charge < -0.3 is 33.4 Å². The lowest BCUT2D eigenvalue weighted by atomic mass is 9.94. The lowest BCUT2D eigenvalue weighted by Gasteiger charge is -2.27. The Morgan fingerprint density at radius 2 is 1.81 bits per heavy atom. The number of aliphatic hydroxyl groups excluding tert-OH is 1. The van der Waals surface area contributed by atoms with Gasteiger partial charge in [-0.3, -0.25) is 9.59 Å². The predicted octanol–water partition coefficient (Wildman–Crippen LogP) is 4.85. The molecule has 1 unspecified atom stereocenters. The summed E-state index contributed by atoms with van der Waals surface area (Å²) in [5.41, 5.74) is 0.919. The molecule has 0 bridgehead atoms. The summed E-state index contributed by atoms with van der Waals surface area (Å²) < 4.78 is 27.7. The number of carbonyl (C=O) groups excluding carboxylic acids is 2. The quantitative estimate of drug-likeness (QED) is 0.289. The van der Waals surface area contributed by atoms with Crippen molar-refractivity contribution in [3.63, 3.8) is 0 Å². The highest BCUT2D eigenvalue weighted by Gasteiger charge is 2.44. The zero-order chi connectivity index (χ0) is 26.7. The summed E-state index contributed by atoms with van der Waals surface area (Å²) in [5, 5.41) is 11.6. The van der Waals surface area contributed by atoms with Crippen LogP contribution in [-0.2, 0) is 9.53 Å². The minimum atomic E-state index is -0.867. The van der Waals surface area contributed by atoms with Gasteiger partial charge in [-0.2, -0.15) is 0 Å². The Bertz CT molecular complexity index is 1340. The zero-order valence-corrected chi connectivity index (χ0v) is 21.6. The van der Waals surface area contributed by atoms with E-state index in [-0.39, 0.29) is 24.0 Å². The number of benzene rings is 2. The van der Waals surface area contributed by atoms with E-state index >= 15 is 0 Å². The molecular formula is C28H31NO8. The van der Waals surface area contributed by atoms with E-state index in [4.69, 9.17) is 23.4 Å². The number of fused-ring (bicyclic) bond motifs is 1. The van der Waals surface area contributed by atoms with Gasteiger partial charge in [-0.15, -0.1) is 0 Å². The summed E-state index contributed by atoms with van der Waals surface area (Å²) in [6, 6.07) is 11.2. The van der Waals surface area contributed by atoms with Crippen molar-refractivity contribution in [2.75, 3.05) is 34.5 Å². The van der Waals surface area contributed by atoms with Crippen LogP contribution < -0.4 is 14.2 Å². The van der Waals surface area contributed by atoms with Crippen LogP contribution >= 0.6 is 0 Å². The van der Waals surface area contributed by atoms with Gasteiger partial charge in [-0.05, 0) is 50.1 Å². The van der Waals surface area contributed by atoms with Crippen LogP contribution in [0.1, 0.15) is 42.4 Å². The predicted molar refractivity (Wildman–Crippen MR) is 136 cm³/mol. The molecule has 9 nitrogen and oxygen atoms in total. The highest BCUT2D eigenvalue weighted by molar-refractivity contribution is 6.16. The van der Waals surface area contributed by atoms with E-state index in [0.717, 1.165) is 0 Å². The minimum Gasteiger partial charge on any atom is -0.503 e. The van der Waals surface area contributed by atoms with Crippen LogP contribution in [0.3, 0.4) is 0 Å². The van der Waals surface area contributed by atoms with E-state index in [1.54, 1.807) is 49.6 Å². The van der Waals surface area contributed by atoms with Crippen molar-refractivity contribution in [2.45, 2.75) is 32.4 Å². The molecule has 0 aliphatic carbocycles. The van der Waals surface area contributed by atoms with Crippen LogP contribution in [0.25, 0.3) is 11.0 Å². The molecule has 37 heavy (non-hydrogen) atoms. The fraction of sp³-hybridized carbons (Fsp3) is 0.357. The van der Waals surface area contributed by atoms with Gasteiger partial charge in [0.05, 0.1) is 31.9 Å². The number of amides is 1. The van der Waals surface area contributed by atoms with Gasteiger partial charge >= 0.3 is 0 Å². The van der Waals surface area contributed by atoms with Gasteiger partial charge in [0.2, 0.25) is 5.78 Å². The molecule has 1 N–H and O–H groups in total. The first-order chi connectivity index (χ1) is 17.8. The molecule has 0 saturated carbocycles. The molecule has 1 aromatic heterocycles. The Balaban J connectivity index is 1.80. The van der Waals surface area contributed by atoms with E-state index in [0.29, 0.717) is 46.8 Å². The van der Waals surface area contributed by atoms with E-state index in [1.165, 1.54) is 19.1 Å². The van der Waals surface area contributed by atoms with Crippen molar-refractivity contribution in [3.05, 3.63) is 65.1 Å². The average Bonchev–Trinajstić information content (AvgIpc) is 3.43. The molecule has 1 amide bonds. The summed E-state index contributed by atoms with van der Waals surface area (Å²) in [6.45, 7) is 4.48. The number of nitrogens with zero attached hydrogens (tertiary/aromatic N) is 1.